The molecule has 0 atom stereocenters. The van der Waals surface area contributed by atoms with Crippen LogP contribution in [0.3, 0.4) is 0 Å². The lowest BCUT2D eigenvalue weighted by atomic mass is 10.1. The van der Waals surface area contributed by atoms with Crippen LogP contribution in [-0.4, -0.2) is 30.5 Å². The molecule has 0 aliphatic carbocycles. The monoisotopic (exact) mass is 358 g/mol. The fourth-order valence-corrected chi connectivity index (χ4v) is 7.79. The Labute approximate surface area is 128 Å². The lowest BCUT2D eigenvalue weighted by Gasteiger charge is -2.35. The van der Waals surface area contributed by atoms with Gasteiger partial charge in [-0.15, -0.1) is 0 Å². The molecule has 9 heteroatoms. The summed E-state index contributed by atoms with van der Waals surface area (Å²) in [6.07, 6.45) is 1.23. The van der Waals surface area contributed by atoms with Crippen molar-refractivity contribution in [3.63, 3.8) is 0 Å². The highest BCUT2D eigenvalue weighted by Crippen LogP contribution is 2.64. The maximum Gasteiger partial charge on any atom is 0.523 e. The van der Waals surface area contributed by atoms with Crippen molar-refractivity contribution in [2.45, 2.75) is 37.1 Å². The number of hydrogen-bond acceptors (Lipinski definition) is 4. The van der Waals surface area contributed by atoms with Gasteiger partial charge in [0.05, 0.1) is 0 Å². The number of hydrogen-bond donors (Lipinski definition) is 1. The highest BCUT2D eigenvalue weighted by molar-refractivity contribution is 8.33. The fraction of sp³-hybridized carbons (Fsp3) is 0.538. The Morgan fingerprint density at radius 1 is 1.14 bits per heavy atom. The second-order valence-corrected chi connectivity index (χ2v) is 10.1. The van der Waals surface area contributed by atoms with E-state index in [9.17, 15) is 26.7 Å². The quantitative estimate of drug-likeness (QED) is 0.836. The summed E-state index contributed by atoms with van der Waals surface area (Å²) >= 11 is 0. The molecule has 4 nitrogen and oxygen atoms in total. The first-order valence-corrected chi connectivity index (χ1v) is 9.90. The first kappa shape index (κ1) is 17.4. The molecule has 126 valence electrons. The van der Waals surface area contributed by atoms with Crippen LogP contribution in [0.2, 0.25) is 0 Å². The average molecular weight is 358 g/mol. The number of phenols is 1. The van der Waals surface area contributed by atoms with Crippen molar-refractivity contribution in [2.24, 2.45) is 0 Å². The molecule has 0 aromatic heterocycles. The van der Waals surface area contributed by atoms with Crippen molar-refractivity contribution in [3.05, 3.63) is 23.3 Å². The van der Waals surface area contributed by atoms with Gasteiger partial charge < -0.3 is 5.11 Å². The predicted octanol–water partition coefficient (Wildman–Crippen LogP) is 3.75. The van der Waals surface area contributed by atoms with E-state index in [1.807, 2.05) is 0 Å². The van der Waals surface area contributed by atoms with Gasteiger partial charge in [0.15, 0.2) is 0 Å². The summed E-state index contributed by atoms with van der Waals surface area (Å²) in [5.41, 5.74) is -4.46. The van der Waals surface area contributed by atoms with Gasteiger partial charge in [-0.05, 0) is 49.9 Å². The third-order valence-electron chi connectivity index (χ3n) is 3.60. The Kier molecular flexibility index (Phi) is 4.44. The van der Waals surface area contributed by atoms with E-state index in [4.69, 9.17) is 3.63 Å². The zero-order valence-electron chi connectivity index (χ0n) is 12.1. The van der Waals surface area contributed by atoms with Gasteiger partial charge in [-0.1, -0.05) is 10.3 Å². The van der Waals surface area contributed by atoms with Gasteiger partial charge in [0.2, 0.25) is 0 Å². The molecular formula is C13H17F3O4S2. The summed E-state index contributed by atoms with van der Waals surface area (Å²) in [4.78, 5) is 0.436. The van der Waals surface area contributed by atoms with Crippen LogP contribution in [0.25, 0.3) is 0 Å². The number of halogens is 3. The number of rotatable bonds is 3. The third-order valence-corrected chi connectivity index (χ3v) is 8.91. The van der Waals surface area contributed by atoms with Crippen LogP contribution < -0.4 is 0 Å². The zero-order chi connectivity index (χ0) is 16.8. The Balaban J connectivity index is 2.51. The van der Waals surface area contributed by atoms with E-state index in [2.05, 4.69) is 0 Å². The first-order valence-electron chi connectivity index (χ1n) is 6.60. The lowest BCUT2D eigenvalue weighted by molar-refractivity contribution is -0.0496. The van der Waals surface area contributed by atoms with Gasteiger partial charge in [0, 0.05) is 16.4 Å². The molecule has 1 aromatic carbocycles. The molecule has 1 aliphatic rings. The molecular weight excluding hydrogens is 341 g/mol. The number of phenolic OH excluding ortho intramolecular Hbond substituents is 1. The van der Waals surface area contributed by atoms with Crippen molar-refractivity contribution in [3.8, 4) is 5.75 Å². The van der Waals surface area contributed by atoms with Gasteiger partial charge in [-0.2, -0.15) is 21.6 Å². The van der Waals surface area contributed by atoms with Crippen molar-refractivity contribution in [2.75, 3.05) is 11.5 Å². The molecule has 0 radical (unpaired) electrons. The van der Waals surface area contributed by atoms with Crippen LogP contribution in [0.15, 0.2) is 17.0 Å². The molecule has 0 spiro atoms. The summed E-state index contributed by atoms with van der Waals surface area (Å²) in [5, 5.41) is 9.79. The Morgan fingerprint density at radius 3 is 2.00 bits per heavy atom. The second-order valence-electron chi connectivity index (χ2n) is 5.30. The highest BCUT2D eigenvalue weighted by Gasteiger charge is 2.52. The summed E-state index contributed by atoms with van der Waals surface area (Å²) in [6, 6.07) is 3.05. The average Bonchev–Trinajstić information content (AvgIpc) is 2.83. The molecule has 1 aromatic rings. The summed E-state index contributed by atoms with van der Waals surface area (Å²) in [6.45, 7) is 3.23. The van der Waals surface area contributed by atoms with Crippen molar-refractivity contribution >= 4 is 20.4 Å². The van der Waals surface area contributed by atoms with E-state index < -0.39 is 25.9 Å². The normalized spacial score (nSPS) is 20.0. The third kappa shape index (κ3) is 3.07. The maximum atomic E-state index is 12.7. The zero-order valence-corrected chi connectivity index (χ0v) is 13.7. The molecule has 1 saturated heterocycles. The fourth-order valence-electron chi connectivity index (χ4n) is 2.46. The van der Waals surface area contributed by atoms with Crippen LogP contribution in [0.5, 0.6) is 5.75 Å². The van der Waals surface area contributed by atoms with Gasteiger partial charge in [-0.25, -0.2) is 3.63 Å². The van der Waals surface area contributed by atoms with Crippen LogP contribution in [-0.2, 0) is 13.7 Å². The molecule has 0 saturated carbocycles. The van der Waals surface area contributed by atoms with E-state index in [0.29, 0.717) is 28.9 Å². The van der Waals surface area contributed by atoms with Crippen molar-refractivity contribution in [1.29, 1.82) is 0 Å². The Morgan fingerprint density at radius 2 is 1.59 bits per heavy atom. The maximum absolute atomic E-state index is 12.7. The molecule has 1 fully saturated rings. The van der Waals surface area contributed by atoms with Gasteiger partial charge >= 0.3 is 15.6 Å². The van der Waals surface area contributed by atoms with E-state index in [-0.39, 0.29) is 17.3 Å². The summed E-state index contributed by atoms with van der Waals surface area (Å²) in [5.74, 6) is 0.591. The van der Waals surface area contributed by atoms with Gasteiger partial charge in [0.25, 0.3) is 0 Å². The smallest absolute Gasteiger partial charge is 0.507 e. The minimum Gasteiger partial charge on any atom is -0.507 e. The number of aryl methyl sites for hydroxylation is 2. The second kappa shape index (κ2) is 5.61. The highest BCUT2D eigenvalue weighted by atomic mass is 32.3. The van der Waals surface area contributed by atoms with E-state index in [0.717, 1.165) is 0 Å². The van der Waals surface area contributed by atoms with Crippen LogP contribution >= 0.6 is 10.3 Å². The molecule has 0 unspecified atom stereocenters. The van der Waals surface area contributed by atoms with Crippen LogP contribution in [0, 0.1) is 13.8 Å². The minimum atomic E-state index is -5.65. The van der Waals surface area contributed by atoms with E-state index in [1.54, 1.807) is 13.8 Å². The minimum absolute atomic E-state index is 0.0509. The Hall–Kier alpha value is -0.930. The SMILES string of the molecule is Cc1cc(S2(OS(=O)(=O)C(F)(F)F)CCCC2)cc(C)c1O. The molecule has 22 heavy (non-hydrogen) atoms. The van der Waals surface area contributed by atoms with Crippen LogP contribution in [0.4, 0.5) is 13.2 Å². The van der Waals surface area contributed by atoms with Gasteiger partial charge in [0.1, 0.15) is 5.75 Å². The first-order chi connectivity index (χ1) is 9.98. The molecule has 1 heterocycles. The van der Waals surface area contributed by atoms with Crippen LogP contribution in [0.1, 0.15) is 24.0 Å². The predicted molar refractivity (Wildman–Crippen MR) is 78.5 cm³/mol. The number of alkyl halides is 3. The standard InChI is InChI=1S/C13H17F3O4S2/c1-9-7-11(8-10(2)12(9)17)21(5-3-4-6-21)20-22(18,19)13(14,15)16/h7-8,17H,3-6H2,1-2H3. The summed E-state index contributed by atoms with van der Waals surface area (Å²) < 4.78 is 65.6. The lowest BCUT2D eigenvalue weighted by Crippen LogP contribution is -2.27. The topological polar surface area (TPSA) is 63.6 Å². The molecule has 1 N–H and O–H groups in total. The van der Waals surface area contributed by atoms with E-state index in [1.165, 1.54) is 12.1 Å². The number of benzene rings is 1. The largest absolute Gasteiger partial charge is 0.523 e. The molecule has 2 rings (SSSR count). The Bertz CT molecular complexity index is 654. The number of aromatic hydroxyl groups is 1. The van der Waals surface area contributed by atoms with Crippen molar-refractivity contribution in [1.82, 2.24) is 0 Å². The summed E-state index contributed by atoms with van der Waals surface area (Å²) in [7, 11) is -8.21. The molecule has 0 amide bonds. The molecule has 1 aliphatic heterocycles. The van der Waals surface area contributed by atoms with Gasteiger partial charge in [-0.3, -0.25) is 0 Å². The molecule has 0 bridgehead atoms. The van der Waals surface area contributed by atoms with Crippen molar-refractivity contribution < 1.29 is 30.3 Å². The van der Waals surface area contributed by atoms with E-state index >= 15 is 0 Å².